The molecule has 0 saturated heterocycles. The van der Waals surface area contributed by atoms with Crippen molar-refractivity contribution in [3.63, 3.8) is 0 Å². The lowest BCUT2D eigenvalue weighted by Gasteiger charge is -2.24. The predicted molar refractivity (Wildman–Crippen MR) is 129 cm³/mol. The van der Waals surface area contributed by atoms with Gasteiger partial charge in [0.1, 0.15) is 5.65 Å². The molecule has 4 heterocycles. The Morgan fingerprint density at radius 1 is 1.19 bits per heavy atom. The summed E-state index contributed by atoms with van der Waals surface area (Å²) >= 11 is 1.64. The van der Waals surface area contributed by atoms with Crippen LogP contribution in [-0.4, -0.2) is 38.3 Å². The van der Waals surface area contributed by atoms with E-state index in [1.54, 1.807) is 18.0 Å². The molecule has 5 rings (SSSR count). The monoisotopic (exact) mass is 449 g/mol. The van der Waals surface area contributed by atoms with Gasteiger partial charge >= 0.3 is 0 Å². The molecule has 32 heavy (non-hydrogen) atoms. The number of thioether (sulfide) groups is 1. The minimum atomic E-state index is -0.374. The van der Waals surface area contributed by atoms with Crippen LogP contribution in [0.15, 0.2) is 65.4 Å². The smallest absolute Gasteiger partial charge is 0.260 e. The normalized spacial score (nSPS) is 21.9. The summed E-state index contributed by atoms with van der Waals surface area (Å²) in [6.45, 7) is 4.65. The largest absolute Gasteiger partial charge is 0.396 e. The Morgan fingerprint density at radius 3 is 2.78 bits per heavy atom. The van der Waals surface area contributed by atoms with Gasteiger partial charge in [0.2, 0.25) is 0 Å². The fraction of sp³-hybridized carbons (Fsp3) is 0.320. The summed E-state index contributed by atoms with van der Waals surface area (Å²) in [6.07, 6.45) is 15.6. The molecule has 0 saturated carbocycles. The fourth-order valence-corrected chi connectivity index (χ4v) is 5.63. The third-order valence-corrected chi connectivity index (χ3v) is 6.83. The molecule has 6 nitrogen and oxygen atoms in total. The van der Waals surface area contributed by atoms with Gasteiger partial charge in [-0.05, 0) is 30.9 Å². The molecule has 2 unspecified atom stereocenters. The predicted octanol–water partition coefficient (Wildman–Crippen LogP) is 3.99. The van der Waals surface area contributed by atoms with Crippen molar-refractivity contribution in [2.24, 2.45) is 5.92 Å². The van der Waals surface area contributed by atoms with Gasteiger partial charge in [0.25, 0.3) is 11.8 Å². The molecule has 2 bridgehead atoms. The molecule has 2 amide bonds. The summed E-state index contributed by atoms with van der Waals surface area (Å²) < 4.78 is 1.94. The quantitative estimate of drug-likeness (QED) is 0.675. The average Bonchev–Trinajstić information content (AvgIpc) is 3.26. The number of aromatic nitrogens is 2. The van der Waals surface area contributed by atoms with Gasteiger partial charge in [-0.3, -0.25) is 14.9 Å². The number of nitrogens with zero attached hydrogens (tertiary/aromatic N) is 2. The first-order chi connectivity index (χ1) is 15.7. The third-order valence-electron chi connectivity index (χ3n) is 5.58. The van der Waals surface area contributed by atoms with E-state index in [0.717, 1.165) is 22.4 Å². The Labute approximate surface area is 191 Å². The molecular weight excluding hydrogens is 422 g/mol. The van der Waals surface area contributed by atoms with E-state index in [1.165, 1.54) is 0 Å². The molecule has 2 aromatic heterocycles. The van der Waals surface area contributed by atoms with Gasteiger partial charge in [0.15, 0.2) is 0 Å². The zero-order valence-corrected chi connectivity index (χ0v) is 19.1. The number of carbonyl (C=O) groups is 2. The lowest BCUT2D eigenvalue weighted by molar-refractivity contribution is -0.123. The summed E-state index contributed by atoms with van der Waals surface area (Å²) in [7, 11) is 0. The maximum absolute atomic E-state index is 12.9. The van der Waals surface area contributed by atoms with E-state index in [-0.39, 0.29) is 29.6 Å². The number of hydrogen-bond donors (Lipinski definition) is 2. The van der Waals surface area contributed by atoms with Crippen molar-refractivity contribution < 1.29 is 14.7 Å². The Bertz CT molecular complexity index is 1170. The van der Waals surface area contributed by atoms with E-state index in [1.807, 2.05) is 48.9 Å². The van der Waals surface area contributed by atoms with E-state index in [4.69, 9.17) is 0 Å². The summed E-state index contributed by atoms with van der Waals surface area (Å²) in [5.74, 6) is -0.479. The molecule has 0 fully saturated rings. The minimum absolute atomic E-state index is 0.0715. The van der Waals surface area contributed by atoms with Crippen LogP contribution in [0.5, 0.6) is 0 Å². The van der Waals surface area contributed by atoms with Crippen molar-refractivity contribution in [1.29, 1.82) is 0 Å². The highest BCUT2D eigenvalue weighted by Crippen LogP contribution is 2.44. The van der Waals surface area contributed by atoms with Crippen LogP contribution in [0.1, 0.15) is 32.3 Å². The van der Waals surface area contributed by atoms with Gasteiger partial charge < -0.3 is 9.67 Å². The second-order valence-electron chi connectivity index (χ2n) is 7.58. The molecule has 0 spiro atoms. The number of imide groups is 1. The van der Waals surface area contributed by atoms with Gasteiger partial charge in [-0.2, -0.15) is 0 Å². The average molecular weight is 450 g/mol. The maximum atomic E-state index is 12.9. The number of fused-ring (bicyclic) bond motifs is 3. The summed E-state index contributed by atoms with van der Waals surface area (Å²) in [4.78, 5) is 31.1. The van der Waals surface area contributed by atoms with Crippen LogP contribution in [0.4, 0.5) is 0 Å². The first kappa shape index (κ1) is 22.3. The highest BCUT2D eigenvalue weighted by Gasteiger charge is 2.37. The van der Waals surface area contributed by atoms with Crippen molar-refractivity contribution in [1.82, 2.24) is 14.9 Å². The Kier molecular flexibility index (Phi) is 6.77. The summed E-state index contributed by atoms with van der Waals surface area (Å²) in [5.41, 5.74) is 2.31. The number of nitrogens with one attached hydrogen (secondary N) is 1. The number of aliphatic hydroxyl groups is 1. The summed E-state index contributed by atoms with van der Waals surface area (Å²) in [6, 6.07) is 3.75. The van der Waals surface area contributed by atoms with Crippen LogP contribution in [0.2, 0.25) is 0 Å². The second-order valence-corrected chi connectivity index (χ2v) is 8.86. The van der Waals surface area contributed by atoms with Crippen LogP contribution in [0, 0.1) is 5.92 Å². The van der Waals surface area contributed by atoms with Gasteiger partial charge in [-0.15, -0.1) is 11.8 Å². The lowest BCUT2D eigenvalue weighted by atomic mass is 9.97. The SMILES string of the molecule is CC.O=C1NC(=O)C(c2cn(CCCO)c3ncccc23)=C1C1=CC2C=CC=CC(C2)S1. The molecule has 0 radical (unpaired) electrons. The number of hydrogen-bond acceptors (Lipinski definition) is 5. The van der Waals surface area contributed by atoms with Gasteiger partial charge in [0.05, 0.1) is 11.1 Å². The van der Waals surface area contributed by atoms with Crippen molar-refractivity contribution >= 4 is 40.2 Å². The Hall–Kier alpha value is -2.90. The van der Waals surface area contributed by atoms with Crippen LogP contribution < -0.4 is 5.32 Å². The second kappa shape index (κ2) is 9.71. The number of aliphatic hydroxyl groups excluding tert-OH is 1. The lowest BCUT2D eigenvalue weighted by Crippen LogP contribution is -2.23. The van der Waals surface area contributed by atoms with Crippen LogP contribution in [0.3, 0.4) is 0 Å². The minimum Gasteiger partial charge on any atom is -0.396 e. The number of aryl methyl sites for hydroxylation is 1. The van der Waals surface area contributed by atoms with E-state index in [0.29, 0.717) is 29.7 Å². The van der Waals surface area contributed by atoms with E-state index >= 15 is 0 Å². The van der Waals surface area contributed by atoms with E-state index < -0.39 is 0 Å². The number of amides is 2. The standard InChI is InChI=1S/C23H21N3O3S.C2H6/c27-10-4-9-26-13-17(16-7-3-8-24-21(16)26)19-20(23(29)25-22(19)28)18-12-14-5-1-2-6-15(11-14)30-18;1-2/h1-3,5-8,12-15,27H,4,9-11H2,(H,25,28,29);1-2H3. The van der Waals surface area contributed by atoms with Crippen LogP contribution in [0.25, 0.3) is 16.6 Å². The highest BCUT2D eigenvalue weighted by atomic mass is 32.2. The molecule has 2 N–H and O–H groups in total. The van der Waals surface area contributed by atoms with Crippen LogP contribution in [-0.2, 0) is 16.1 Å². The molecule has 0 aromatic carbocycles. The van der Waals surface area contributed by atoms with Crippen molar-refractivity contribution in [2.45, 2.75) is 38.5 Å². The van der Waals surface area contributed by atoms with Gasteiger partial charge in [0, 0.05) is 46.7 Å². The first-order valence-electron chi connectivity index (χ1n) is 11.0. The number of rotatable bonds is 5. The maximum Gasteiger partial charge on any atom is 0.260 e. The molecule has 166 valence electrons. The van der Waals surface area contributed by atoms with E-state index in [9.17, 15) is 14.7 Å². The van der Waals surface area contributed by atoms with E-state index in [2.05, 4.69) is 28.5 Å². The van der Waals surface area contributed by atoms with Crippen molar-refractivity contribution in [2.75, 3.05) is 6.61 Å². The fourth-order valence-electron chi connectivity index (χ4n) is 4.25. The van der Waals surface area contributed by atoms with Gasteiger partial charge in [-0.1, -0.05) is 44.2 Å². The molecule has 1 aliphatic carbocycles. The topological polar surface area (TPSA) is 84.2 Å². The molecule has 2 aromatic rings. The molecule has 7 heteroatoms. The van der Waals surface area contributed by atoms with Crippen molar-refractivity contribution in [3.05, 3.63) is 70.9 Å². The molecule has 2 aliphatic heterocycles. The zero-order valence-electron chi connectivity index (χ0n) is 18.2. The molecular formula is C25H27N3O3S. The number of pyridine rings is 1. The third kappa shape index (κ3) is 4.10. The first-order valence-corrected chi connectivity index (χ1v) is 11.9. The Balaban J connectivity index is 0.00000119. The highest BCUT2D eigenvalue weighted by molar-refractivity contribution is 8.04. The van der Waals surface area contributed by atoms with Crippen molar-refractivity contribution in [3.8, 4) is 0 Å². The molecule has 3 aliphatic rings. The van der Waals surface area contributed by atoms with Crippen LogP contribution >= 0.6 is 11.8 Å². The van der Waals surface area contributed by atoms with Gasteiger partial charge in [-0.25, -0.2) is 4.98 Å². The summed E-state index contributed by atoms with van der Waals surface area (Å²) in [5, 5.41) is 12.8. The number of allylic oxidation sites excluding steroid dienone is 4. The molecule has 2 atom stereocenters. The Morgan fingerprint density at radius 2 is 1.97 bits per heavy atom. The number of carbonyl (C=O) groups excluding carboxylic acids is 2. The zero-order chi connectivity index (χ0) is 22.7.